The Labute approximate surface area is 192 Å². The lowest BCUT2D eigenvalue weighted by molar-refractivity contribution is -0.137. The van der Waals surface area contributed by atoms with Crippen LogP contribution in [0.15, 0.2) is 60.8 Å². The van der Waals surface area contributed by atoms with Crippen LogP contribution in [-0.4, -0.2) is 34.0 Å². The van der Waals surface area contributed by atoms with Gasteiger partial charge in [-0.3, -0.25) is 4.79 Å². The molecule has 0 spiro atoms. The molecule has 4 rings (SSSR count). The summed E-state index contributed by atoms with van der Waals surface area (Å²) in [5.74, 6) is 1.46. The van der Waals surface area contributed by atoms with Gasteiger partial charge in [-0.05, 0) is 43.4 Å². The number of alkyl halides is 3. The Hall–Kier alpha value is -4.12. The number of pyridine rings is 1. The summed E-state index contributed by atoms with van der Waals surface area (Å²) in [6.45, 7) is 0.153. The lowest BCUT2D eigenvalue weighted by atomic mass is 10.2. The second-order valence-corrected chi connectivity index (χ2v) is 7.41. The minimum Gasteiger partial charge on any atom is -0.457 e. The molecule has 176 valence electrons. The number of rotatable bonds is 7. The highest BCUT2D eigenvalue weighted by Crippen LogP contribution is 2.32. The number of nitrogens with zero attached hydrogens (tertiary/aromatic N) is 3. The van der Waals surface area contributed by atoms with E-state index >= 15 is 0 Å². The fourth-order valence-electron chi connectivity index (χ4n) is 3.28. The molecule has 8 nitrogen and oxygen atoms in total. The van der Waals surface area contributed by atoms with Gasteiger partial charge in [-0.2, -0.15) is 13.2 Å². The normalized spacial score (nSPS) is 11.4. The fraction of sp³-hybridized carbons (Fsp3) is 0.174. The largest absolute Gasteiger partial charge is 0.457 e. The Kier molecular flexibility index (Phi) is 6.37. The smallest absolute Gasteiger partial charge is 0.416 e. The minimum absolute atomic E-state index is 0.153. The summed E-state index contributed by atoms with van der Waals surface area (Å²) >= 11 is 0. The molecular formula is C23H21F3N6O2. The van der Waals surface area contributed by atoms with E-state index in [0.717, 1.165) is 17.6 Å². The number of fused-ring (bicyclic) bond motifs is 1. The third kappa shape index (κ3) is 5.26. The number of hydrogen-bond donors (Lipinski definition) is 3. The Bertz CT molecular complexity index is 1340. The average molecular weight is 470 g/mol. The first-order valence-corrected chi connectivity index (χ1v) is 10.2. The van der Waals surface area contributed by atoms with Crippen LogP contribution in [0.25, 0.3) is 11.0 Å². The number of aryl methyl sites for hydroxylation is 1. The van der Waals surface area contributed by atoms with Crippen molar-refractivity contribution >= 4 is 34.4 Å². The van der Waals surface area contributed by atoms with Crippen LogP contribution >= 0.6 is 0 Å². The Morgan fingerprint density at radius 1 is 1.09 bits per heavy atom. The fourth-order valence-corrected chi connectivity index (χ4v) is 3.28. The maximum absolute atomic E-state index is 13.0. The van der Waals surface area contributed by atoms with Gasteiger partial charge in [0, 0.05) is 31.1 Å². The first kappa shape index (κ1) is 23.1. The van der Waals surface area contributed by atoms with Crippen LogP contribution in [-0.2, 0) is 18.0 Å². The van der Waals surface area contributed by atoms with Crippen LogP contribution in [0.1, 0.15) is 5.56 Å². The van der Waals surface area contributed by atoms with Gasteiger partial charge in [0.15, 0.2) is 0 Å². The first-order chi connectivity index (χ1) is 16.2. The number of benzene rings is 2. The highest BCUT2D eigenvalue weighted by Gasteiger charge is 2.30. The molecule has 0 radical (unpaired) electrons. The van der Waals surface area contributed by atoms with Crippen LogP contribution in [0.4, 0.5) is 30.6 Å². The minimum atomic E-state index is -4.43. The van der Waals surface area contributed by atoms with Gasteiger partial charge in [-0.25, -0.2) is 9.97 Å². The van der Waals surface area contributed by atoms with E-state index in [1.807, 2.05) is 0 Å². The highest BCUT2D eigenvalue weighted by atomic mass is 19.4. The zero-order chi connectivity index (χ0) is 24.3. The molecule has 0 aliphatic heterocycles. The zero-order valence-electron chi connectivity index (χ0n) is 18.3. The van der Waals surface area contributed by atoms with E-state index < -0.39 is 11.7 Å². The third-order valence-electron chi connectivity index (χ3n) is 4.87. The molecule has 0 saturated heterocycles. The maximum atomic E-state index is 13.0. The van der Waals surface area contributed by atoms with E-state index in [1.165, 1.54) is 12.3 Å². The van der Waals surface area contributed by atoms with E-state index in [0.29, 0.717) is 28.8 Å². The van der Waals surface area contributed by atoms with Gasteiger partial charge in [-0.15, -0.1) is 0 Å². The quantitative estimate of drug-likeness (QED) is 0.363. The van der Waals surface area contributed by atoms with Crippen molar-refractivity contribution in [3.8, 4) is 11.5 Å². The Morgan fingerprint density at radius 2 is 1.88 bits per heavy atom. The number of imidazole rings is 1. The second kappa shape index (κ2) is 9.40. The molecule has 0 aliphatic carbocycles. The number of carbonyl (C=O) groups excluding carboxylic acids is 1. The number of halogens is 3. The van der Waals surface area contributed by atoms with Gasteiger partial charge in [0.2, 0.25) is 11.9 Å². The van der Waals surface area contributed by atoms with Gasteiger partial charge in [0.25, 0.3) is 0 Å². The van der Waals surface area contributed by atoms with Crippen molar-refractivity contribution in [2.24, 2.45) is 7.05 Å². The van der Waals surface area contributed by atoms with E-state index in [1.54, 1.807) is 55.1 Å². The number of aromatic nitrogens is 3. The molecule has 0 atom stereocenters. The molecule has 0 bridgehead atoms. The van der Waals surface area contributed by atoms with Crippen molar-refractivity contribution < 1.29 is 22.7 Å². The standard InChI is InChI=1S/C23H21F3N6O2/c1-27-13-21(33)31-20-12-17(8-9-28-20)34-16-6-7-19-18(11-16)30-22(32(19)2)29-15-5-3-4-14(10-15)23(24,25)26/h3-12,27H,13H2,1-2H3,(H,29,30)(H,28,31,33). The number of amides is 1. The zero-order valence-corrected chi connectivity index (χ0v) is 18.3. The van der Waals surface area contributed by atoms with Gasteiger partial charge in [0.05, 0.1) is 23.1 Å². The Morgan fingerprint density at radius 3 is 2.65 bits per heavy atom. The van der Waals surface area contributed by atoms with Gasteiger partial charge >= 0.3 is 6.18 Å². The molecule has 2 heterocycles. The van der Waals surface area contributed by atoms with Crippen molar-refractivity contribution in [2.75, 3.05) is 24.2 Å². The summed E-state index contributed by atoms with van der Waals surface area (Å²) in [5.41, 5.74) is 0.878. The van der Waals surface area contributed by atoms with Crippen molar-refractivity contribution in [1.29, 1.82) is 0 Å². The topological polar surface area (TPSA) is 93.1 Å². The van der Waals surface area contributed by atoms with Crippen molar-refractivity contribution in [1.82, 2.24) is 19.9 Å². The molecule has 0 saturated carbocycles. The second-order valence-electron chi connectivity index (χ2n) is 7.41. The number of ether oxygens (including phenoxy) is 1. The number of likely N-dealkylation sites (N-methyl/N-ethyl adjacent to an activating group) is 1. The van der Waals surface area contributed by atoms with Gasteiger partial charge in [0.1, 0.15) is 17.3 Å². The molecule has 0 fully saturated rings. The van der Waals surface area contributed by atoms with Gasteiger partial charge < -0.3 is 25.3 Å². The molecule has 4 aromatic rings. The van der Waals surface area contributed by atoms with E-state index in [9.17, 15) is 18.0 Å². The molecule has 0 aliphatic rings. The summed E-state index contributed by atoms with van der Waals surface area (Å²) in [4.78, 5) is 20.3. The first-order valence-electron chi connectivity index (χ1n) is 10.2. The molecule has 34 heavy (non-hydrogen) atoms. The lowest BCUT2D eigenvalue weighted by Crippen LogP contribution is -2.25. The summed E-state index contributed by atoms with van der Waals surface area (Å²) in [6, 6.07) is 13.4. The average Bonchev–Trinajstić information content (AvgIpc) is 3.08. The number of nitrogens with one attached hydrogen (secondary N) is 3. The van der Waals surface area contributed by atoms with Crippen molar-refractivity contribution in [3.63, 3.8) is 0 Å². The van der Waals surface area contributed by atoms with E-state index in [4.69, 9.17) is 4.74 Å². The van der Waals surface area contributed by atoms with Crippen LogP contribution in [0.5, 0.6) is 11.5 Å². The molecule has 0 unspecified atom stereocenters. The third-order valence-corrected chi connectivity index (χ3v) is 4.87. The molecule has 1 amide bonds. The van der Waals surface area contributed by atoms with Gasteiger partial charge in [-0.1, -0.05) is 6.07 Å². The molecule has 2 aromatic heterocycles. The maximum Gasteiger partial charge on any atom is 0.416 e. The summed E-state index contributed by atoms with van der Waals surface area (Å²) in [5, 5.41) is 8.35. The SMILES string of the molecule is CNCC(=O)Nc1cc(Oc2ccc3c(c2)nc(Nc2cccc(C(F)(F)F)c2)n3C)ccn1. The molecule has 2 aromatic carbocycles. The number of hydrogen-bond acceptors (Lipinski definition) is 6. The van der Waals surface area contributed by atoms with Crippen LogP contribution in [0.2, 0.25) is 0 Å². The van der Waals surface area contributed by atoms with E-state index in [-0.39, 0.29) is 18.1 Å². The molecule has 11 heteroatoms. The van der Waals surface area contributed by atoms with Crippen LogP contribution < -0.4 is 20.7 Å². The monoisotopic (exact) mass is 470 g/mol. The van der Waals surface area contributed by atoms with Crippen LogP contribution in [0, 0.1) is 0 Å². The molecular weight excluding hydrogens is 449 g/mol. The number of carbonyl (C=O) groups is 1. The van der Waals surface area contributed by atoms with Crippen LogP contribution in [0.3, 0.4) is 0 Å². The Balaban J connectivity index is 1.54. The lowest BCUT2D eigenvalue weighted by Gasteiger charge is -2.10. The predicted molar refractivity (Wildman–Crippen MR) is 122 cm³/mol. The molecule has 3 N–H and O–H groups in total. The number of anilines is 3. The van der Waals surface area contributed by atoms with E-state index in [2.05, 4.69) is 25.9 Å². The highest BCUT2D eigenvalue weighted by molar-refractivity contribution is 5.91. The summed E-state index contributed by atoms with van der Waals surface area (Å²) in [7, 11) is 3.43. The van der Waals surface area contributed by atoms with Crippen molar-refractivity contribution in [2.45, 2.75) is 6.18 Å². The summed E-state index contributed by atoms with van der Waals surface area (Å²) in [6.07, 6.45) is -2.92. The predicted octanol–water partition coefficient (Wildman–Crippen LogP) is 4.68. The van der Waals surface area contributed by atoms with Crippen molar-refractivity contribution in [3.05, 3.63) is 66.4 Å². The summed E-state index contributed by atoms with van der Waals surface area (Å²) < 4.78 is 46.7.